The van der Waals surface area contributed by atoms with E-state index < -0.39 is 11.2 Å². The molecule has 0 aliphatic carbocycles. The fourth-order valence-electron chi connectivity index (χ4n) is 4.05. The zero-order chi connectivity index (χ0) is 24.8. The summed E-state index contributed by atoms with van der Waals surface area (Å²) >= 11 is 0. The fraction of sp³-hybridized carbons (Fsp3) is 0.320. The SMILES string of the molecule is CN(CCC(=O)Nc1ccc(N2CCOCC2)cc1)c1c(N)n(Cc2ccccc2)c(=O)[nH]c1=O. The molecule has 1 aliphatic heterocycles. The summed E-state index contributed by atoms with van der Waals surface area (Å²) in [6.07, 6.45) is 0.137. The Hall–Kier alpha value is -4.05. The molecular formula is C25H30N6O4. The zero-order valence-corrected chi connectivity index (χ0v) is 19.7. The molecule has 1 aromatic heterocycles. The normalized spacial score (nSPS) is 13.5. The predicted molar refractivity (Wildman–Crippen MR) is 137 cm³/mol. The molecule has 10 heteroatoms. The van der Waals surface area contributed by atoms with Crippen LogP contribution in [0.4, 0.5) is 22.9 Å². The van der Waals surface area contributed by atoms with Gasteiger partial charge in [-0.05, 0) is 29.8 Å². The van der Waals surface area contributed by atoms with Gasteiger partial charge in [-0.1, -0.05) is 30.3 Å². The number of morpholine rings is 1. The monoisotopic (exact) mass is 478 g/mol. The van der Waals surface area contributed by atoms with Crippen molar-refractivity contribution in [3.05, 3.63) is 81.0 Å². The number of ether oxygens (including phenoxy) is 1. The topological polar surface area (TPSA) is 126 Å². The van der Waals surface area contributed by atoms with Gasteiger partial charge in [0, 0.05) is 44.5 Å². The average Bonchev–Trinajstić information content (AvgIpc) is 2.87. The van der Waals surface area contributed by atoms with Crippen LogP contribution < -0.4 is 32.1 Å². The van der Waals surface area contributed by atoms with Crippen LogP contribution in [0.15, 0.2) is 64.2 Å². The maximum Gasteiger partial charge on any atom is 0.330 e. The van der Waals surface area contributed by atoms with Crippen LogP contribution in [-0.4, -0.2) is 55.4 Å². The standard InChI is InChI=1S/C25H30N6O4/c1-29(22-23(26)31(25(34)28-24(22)33)17-18-5-3-2-4-6-18)12-11-21(32)27-19-7-9-20(10-8-19)30-13-15-35-16-14-30/h2-10H,11-17,26H2,1H3,(H,27,32)(H,28,33,34). The summed E-state index contributed by atoms with van der Waals surface area (Å²) in [5.41, 5.74) is 7.88. The maximum atomic E-state index is 12.5. The minimum atomic E-state index is -0.585. The van der Waals surface area contributed by atoms with Gasteiger partial charge in [-0.2, -0.15) is 0 Å². The molecule has 0 saturated carbocycles. The molecule has 4 rings (SSSR count). The van der Waals surface area contributed by atoms with Crippen molar-refractivity contribution in [2.75, 3.05) is 60.7 Å². The first-order valence-corrected chi connectivity index (χ1v) is 11.5. The van der Waals surface area contributed by atoms with E-state index in [1.165, 1.54) is 4.57 Å². The van der Waals surface area contributed by atoms with Crippen molar-refractivity contribution in [1.82, 2.24) is 9.55 Å². The van der Waals surface area contributed by atoms with Gasteiger partial charge in [0.15, 0.2) is 0 Å². The Bertz CT molecular complexity index is 1260. The summed E-state index contributed by atoms with van der Waals surface area (Å²) in [5, 5.41) is 2.88. The van der Waals surface area contributed by atoms with Crippen molar-refractivity contribution in [1.29, 1.82) is 0 Å². The molecule has 0 bridgehead atoms. The van der Waals surface area contributed by atoms with Crippen LogP contribution in [0.25, 0.3) is 0 Å². The summed E-state index contributed by atoms with van der Waals surface area (Å²) in [5.74, 6) is -0.132. The molecule has 1 saturated heterocycles. The molecule has 1 fully saturated rings. The van der Waals surface area contributed by atoms with Gasteiger partial charge in [0.2, 0.25) is 5.91 Å². The number of carbonyl (C=O) groups is 1. The first kappa shape index (κ1) is 24.1. The highest BCUT2D eigenvalue weighted by Gasteiger charge is 2.17. The van der Waals surface area contributed by atoms with Crippen molar-refractivity contribution < 1.29 is 9.53 Å². The molecular weight excluding hydrogens is 448 g/mol. The van der Waals surface area contributed by atoms with Crippen LogP contribution in [-0.2, 0) is 16.1 Å². The van der Waals surface area contributed by atoms with E-state index in [1.807, 2.05) is 54.6 Å². The number of aromatic amines is 1. The van der Waals surface area contributed by atoms with Gasteiger partial charge < -0.3 is 25.6 Å². The summed E-state index contributed by atoms with van der Waals surface area (Å²) in [7, 11) is 1.67. The maximum absolute atomic E-state index is 12.5. The minimum Gasteiger partial charge on any atom is -0.383 e. The Balaban J connectivity index is 1.38. The summed E-state index contributed by atoms with van der Waals surface area (Å²) in [4.78, 5) is 43.6. The number of H-pyrrole nitrogens is 1. The molecule has 0 unspecified atom stereocenters. The van der Waals surface area contributed by atoms with E-state index in [9.17, 15) is 14.4 Å². The number of nitrogens with one attached hydrogen (secondary N) is 2. The summed E-state index contributed by atoms with van der Waals surface area (Å²) in [6.45, 7) is 3.59. The number of anilines is 4. The lowest BCUT2D eigenvalue weighted by atomic mass is 10.2. The number of aromatic nitrogens is 2. The molecule has 0 spiro atoms. The molecule has 35 heavy (non-hydrogen) atoms. The lowest BCUT2D eigenvalue weighted by molar-refractivity contribution is -0.116. The molecule has 2 aromatic carbocycles. The highest BCUT2D eigenvalue weighted by molar-refractivity contribution is 5.91. The average molecular weight is 479 g/mol. The lowest BCUT2D eigenvalue weighted by Crippen LogP contribution is -2.38. The van der Waals surface area contributed by atoms with Gasteiger partial charge >= 0.3 is 5.69 Å². The van der Waals surface area contributed by atoms with Crippen molar-refractivity contribution >= 4 is 28.8 Å². The number of nitrogen functional groups attached to an aromatic ring is 1. The molecule has 10 nitrogen and oxygen atoms in total. The molecule has 4 N–H and O–H groups in total. The van der Waals surface area contributed by atoms with Crippen molar-refractivity contribution in [2.45, 2.75) is 13.0 Å². The second kappa shape index (κ2) is 10.9. The quantitative estimate of drug-likeness (QED) is 0.448. The first-order valence-electron chi connectivity index (χ1n) is 11.5. The van der Waals surface area contributed by atoms with Gasteiger partial charge in [-0.15, -0.1) is 0 Å². The van der Waals surface area contributed by atoms with E-state index in [1.54, 1.807) is 11.9 Å². The third-order valence-corrected chi connectivity index (χ3v) is 5.98. The minimum absolute atomic E-state index is 0.0595. The van der Waals surface area contributed by atoms with Crippen LogP contribution >= 0.6 is 0 Å². The Morgan fingerprint density at radius 2 is 1.77 bits per heavy atom. The second-order valence-electron chi connectivity index (χ2n) is 8.43. The lowest BCUT2D eigenvalue weighted by Gasteiger charge is -2.28. The van der Waals surface area contributed by atoms with Crippen LogP contribution in [0, 0.1) is 0 Å². The smallest absolute Gasteiger partial charge is 0.330 e. The van der Waals surface area contributed by atoms with Crippen LogP contribution in [0.1, 0.15) is 12.0 Å². The first-order chi connectivity index (χ1) is 16.9. The third-order valence-electron chi connectivity index (χ3n) is 5.98. The molecule has 3 aromatic rings. The largest absolute Gasteiger partial charge is 0.383 e. The van der Waals surface area contributed by atoms with E-state index in [-0.39, 0.29) is 36.9 Å². The Kier molecular flexibility index (Phi) is 7.51. The number of nitrogens with zero attached hydrogens (tertiary/aromatic N) is 3. The van der Waals surface area contributed by atoms with Crippen molar-refractivity contribution in [3.8, 4) is 0 Å². The van der Waals surface area contributed by atoms with Gasteiger partial charge in [0.05, 0.1) is 19.8 Å². The van der Waals surface area contributed by atoms with Crippen molar-refractivity contribution in [2.24, 2.45) is 0 Å². The van der Waals surface area contributed by atoms with Gasteiger partial charge in [0.1, 0.15) is 11.5 Å². The summed E-state index contributed by atoms with van der Waals surface area (Å²) < 4.78 is 6.70. The molecule has 0 atom stereocenters. The van der Waals surface area contributed by atoms with E-state index in [0.29, 0.717) is 18.9 Å². The second-order valence-corrected chi connectivity index (χ2v) is 8.43. The molecule has 184 valence electrons. The number of amides is 1. The highest BCUT2D eigenvalue weighted by atomic mass is 16.5. The third kappa shape index (κ3) is 5.90. The molecule has 2 heterocycles. The summed E-state index contributed by atoms with van der Waals surface area (Å²) in [6, 6.07) is 17.0. The molecule has 1 amide bonds. The number of carbonyl (C=O) groups excluding carboxylic acids is 1. The van der Waals surface area contributed by atoms with Crippen molar-refractivity contribution in [3.63, 3.8) is 0 Å². The van der Waals surface area contributed by atoms with Gasteiger partial charge in [0.25, 0.3) is 5.56 Å². The number of nitrogens with two attached hydrogens (primary N) is 1. The van der Waals surface area contributed by atoms with Gasteiger partial charge in [-0.25, -0.2) is 4.79 Å². The van der Waals surface area contributed by atoms with E-state index in [2.05, 4.69) is 15.2 Å². The van der Waals surface area contributed by atoms with E-state index >= 15 is 0 Å². The Morgan fingerprint density at radius 1 is 1.09 bits per heavy atom. The number of hydrogen-bond acceptors (Lipinski definition) is 7. The number of hydrogen-bond donors (Lipinski definition) is 3. The number of benzene rings is 2. The Labute approximate surface area is 202 Å². The molecule has 0 radical (unpaired) electrons. The number of rotatable bonds is 8. The van der Waals surface area contributed by atoms with E-state index in [4.69, 9.17) is 10.5 Å². The Morgan fingerprint density at radius 3 is 2.46 bits per heavy atom. The van der Waals surface area contributed by atoms with Gasteiger partial charge in [-0.3, -0.25) is 19.1 Å². The van der Waals surface area contributed by atoms with E-state index in [0.717, 1.165) is 24.3 Å². The van der Waals surface area contributed by atoms with Crippen LogP contribution in [0.5, 0.6) is 0 Å². The van der Waals surface area contributed by atoms with Crippen LogP contribution in [0.3, 0.4) is 0 Å². The highest BCUT2D eigenvalue weighted by Crippen LogP contribution is 2.20. The predicted octanol–water partition coefficient (Wildman–Crippen LogP) is 1.47. The van der Waals surface area contributed by atoms with Crippen LogP contribution in [0.2, 0.25) is 0 Å². The molecule has 1 aliphatic rings. The fourth-order valence-corrected chi connectivity index (χ4v) is 4.05. The zero-order valence-electron chi connectivity index (χ0n) is 19.7.